The number of nitrogens with two attached hydrogens (primary N) is 1. The van der Waals surface area contributed by atoms with Crippen molar-refractivity contribution in [3.63, 3.8) is 0 Å². The molecule has 2 aromatic rings. The van der Waals surface area contributed by atoms with E-state index in [2.05, 4.69) is 39.2 Å². The third-order valence-electron chi connectivity index (χ3n) is 4.05. The van der Waals surface area contributed by atoms with Crippen molar-refractivity contribution in [2.24, 2.45) is 0 Å². The van der Waals surface area contributed by atoms with E-state index in [9.17, 15) is 0 Å². The molecule has 0 aliphatic carbocycles. The number of hydrogen-bond donors (Lipinski definition) is 2. The molecule has 1 saturated heterocycles. The van der Waals surface area contributed by atoms with Gasteiger partial charge in [0, 0.05) is 18.8 Å². The van der Waals surface area contributed by atoms with Crippen LogP contribution in [0.3, 0.4) is 0 Å². The van der Waals surface area contributed by atoms with Crippen molar-refractivity contribution in [2.75, 3.05) is 29.0 Å². The van der Waals surface area contributed by atoms with Gasteiger partial charge in [-0.2, -0.15) is 0 Å². The van der Waals surface area contributed by atoms with E-state index >= 15 is 0 Å². The summed E-state index contributed by atoms with van der Waals surface area (Å²) in [7, 11) is 0. The molecule has 0 atom stereocenters. The van der Waals surface area contributed by atoms with E-state index in [1.165, 1.54) is 31.2 Å². The number of nitrogen functional groups attached to an aromatic ring is 1. The molecule has 0 bridgehead atoms. The Morgan fingerprint density at radius 2 is 1.86 bits per heavy atom. The Balaban J connectivity index is 1.85. The third kappa shape index (κ3) is 3.30. The summed E-state index contributed by atoms with van der Waals surface area (Å²) in [5, 5.41) is 3.31. The Morgan fingerprint density at radius 3 is 2.59 bits per heavy atom. The Morgan fingerprint density at radius 1 is 1.09 bits per heavy atom. The predicted octanol–water partition coefficient (Wildman–Crippen LogP) is 3.49. The van der Waals surface area contributed by atoms with Crippen LogP contribution in [0.4, 0.5) is 23.0 Å². The fourth-order valence-electron chi connectivity index (χ4n) is 2.88. The second-order valence-electron chi connectivity index (χ2n) is 5.86. The molecule has 1 aromatic carbocycles. The van der Waals surface area contributed by atoms with Gasteiger partial charge in [-0.3, -0.25) is 0 Å². The van der Waals surface area contributed by atoms with Crippen LogP contribution in [-0.4, -0.2) is 23.1 Å². The fourth-order valence-corrected chi connectivity index (χ4v) is 2.88. The van der Waals surface area contributed by atoms with Gasteiger partial charge in [-0.25, -0.2) is 9.97 Å². The average molecular weight is 297 g/mol. The second-order valence-corrected chi connectivity index (χ2v) is 5.86. The van der Waals surface area contributed by atoms with Gasteiger partial charge in [-0.1, -0.05) is 25.0 Å². The highest BCUT2D eigenvalue weighted by molar-refractivity contribution is 5.78. The van der Waals surface area contributed by atoms with Crippen LogP contribution in [0.5, 0.6) is 0 Å². The van der Waals surface area contributed by atoms with Crippen LogP contribution in [0.15, 0.2) is 30.6 Å². The number of aryl methyl sites for hydroxylation is 1. The summed E-state index contributed by atoms with van der Waals surface area (Å²) in [6.45, 7) is 4.10. The molecule has 5 nitrogen and oxygen atoms in total. The Hall–Kier alpha value is -2.30. The van der Waals surface area contributed by atoms with Gasteiger partial charge in [0.25, 0.3) is 0 Å². The molecule has 116 valence electrons. The number of nitrogens with zero attached hydrogens (tertiary/aromatic N) is 3. The van der Waals surface area contributed by atoms with Gasteiger partial charge in [-0.05, 0) is 37.5 Å². The van der Waals surface area contributed by atoms with Crippen LogP contribution in [-0.2, 0) is 0 Å². The van der Waals surface area contributed by atoms with Crippen molar-refractivity contribution in [2.45, 2.75) is 32.6 Å². The maximum absolute atomic E-state index is 6.32. The van der Waals surface area contributed by atoms with Gasteiger partial charge >= 0.3 is 0 Å². The molecule has 5 heteroatoms. The normalized spacial score (nSPS) is 15.4. The second kappa shape index (κ2) is 6.64. The third-order valence-corrected chi connectivity index (χ3v) is 4.05. The summed E-state index contributed by atoms with van der Waals surface area (Å²) < 4.78 is 0. The lowest BCUT2D eigenvalue weighted by molar-refractivity contribution is 0.726. The summed E-state index contributed by atoms with van der Waals surface area (Å²) in [6, 6.07) is 8.18. The zero-order valence-corrected chi connectivity index (χ0v) is 13.0. The first kappa shape index (κ1) is 14.6. The van der Waals surface area contributed by atoms with Crippen molar-refractivity contribution in [3.8, 4) is 0 Å². The maximum atomic E-state index is 6.32. The molecule has 1 fully saturated rings. The van der Waals surface area contributed by atoms with Crippen LogP contribution in [0, 0.1) is 6.92 Å². The zero-order valence-electron chi connectivity index (χ0n) is 13.0. The Labute approximate surface area is 131 Å². The summed E-state index contributed by atoms with van der Waals surface area (Å²) in [6.07, 6.45) is 6.56. The molecule has 0 saturated carbocycles. The van der Waals surface area contributed by atoms with E-state index in [-0.39, 0.29) is 0 Å². The topological polar surface area (TPSA) is 67.1 Å². The van der Waals surface area contributed by atoms with Crippen molar-refractivity contribution < 1.29 is 0 Å². The number of benzene rings is 1. The molecule has 0 unspecified atom stereocenters. The van der Waals surface area contributed by atoms with Crippen molar-refractivity contribution in [1.82, 2.24) is 9.97 Å². The fraction of sp³-hybridized carbons (Fsp3) is 0.412. The van der Waals surface area contributed by atoms with E-state index in [0.717, 1.165) is 24.6 Å². The summed E-state index contributed by atoms with van der Waals surface area (Å²) >= 11 is 0. The first-order chi connectivity index (χ1) is 10.7. The number of rotatable bonds is 3. The molecule has 1 aliphatic heterocycles. The van der Waals surface area contributed by atoms with E-state index in [4.69, 9.17) is 5.73 Å². The minimum Gasteiger partial charge on any atom is -0.393 e. The SMILES string of the molecule is Cc1cccc(Nc2ncnc(N3CCCCCC3)c2N)c1. The molecule has 22 heavy (non-hydrogen) atoms. The van der Waals surface area contributed by atoms with Gasteiger partial charge in [0.2, 0.25) is 0 Å². The molecule has 3 rings (SSSR count). The molecule has 0 spiro atoms. The number of hydrogen-bond acceptors (Lipinski definition) is 5. The Bertz CT molecular complexity index is 633. The molecule has 3 N–H and O–H groups in total. The highest BCUT2D eigenvalue weighted by Gasteiger charge is 2.16. The predicted molar refractivity (Wildman–Crippen MR) is 91.6 cm³/mol. The van der Waals surface area contributed by atoms with E-state index in [1.807, 2.05) is 12.1 Å². The van der Waals surface area contributed by atoms with Gasteiger partial charge in [0.15, 0.2) is 11.6 Å². The lowest BCUT2D eigenvalue weighted by atomic mass is 10.2. The molecular weight excluding hydrogens is 274 g/mol. The summed E-state index contributed by atoms with van der Waals surface area (Å²) in [5.41, 5.74) is 9.14. The molecule has 0 amide bonds. The van der Waals surface area contributed by atoms with Crippen LogP contribution >= 0.6 is 0 Å². The lowest BCUT2D eigenvalue weighted by Crippen LogP contribution is -2.26. The van der Waals surface area contributed by atoms with Crippen LogP contribution in [0.2, 0.25) is 0 Å². The minimum absolute atomic E-state index is 0.630. The van der Waals surface area contributed by atoms with E-state index in [1.54, 1.807) is 6.33 Å². The monoisotopic (exact) mass is 297 g/mol. The first-order valence-corrected chi connectivity index (χ1v) is 7.93. The highest BCUT2D eigenvalue weighted by atomic mass is 15.2. The maximum Gasteiger partial charge on any atom is 0.159 e. The van der Waals surface area contributed by atoms with Gasteiger partial charge in [0.1, 0.15) is 12.0 Å². The highest BCUT2D eigenvalue weighted by Crippen LogP contribution is 2.30. The summed E-state index contributed by atoms with van der Waals surface area (Å²) in [4.78, 5) is 11.0. The number of anilines is 4. The average Bonchev–Trinajstić information content (AvgIpc) is 2.79. The van der Waals surface area contributed by atoms with Crippen LogP contribution in [0.1, 0.15) is 31.2 Å². The quantitative estimate of drug-likeness (QED) is 0.907. The van der Waals surface area contributed by atoms with Gasteiger partial charge in [-0.15, -0.1) is 0 Å². The van der Waals surface area contributed by atoms with E-state index < -0.39 is 0 Å². The molecule has 1 aliphatic rings. The van der Waals surface area contributed by atoms with Gasteiger partial charge in [0.05, 0.1) is 0 Å². The molecule has 2 heterocycles. The Kier molecular flexibility index (Phi) is 4.42. The largest absolute Gasteiger partial charge is 0.393 e. The van der Waals surface area contributed by atoms with Crippen LogP contribution in [0.25, 0.3) is 0 Å². The molecule has 0 radical (unpaired) electrons. The van der Waals surface area contributed by atoms with Crippen molar-refractivity contribution >= 4 is 23.0 Å². The number of nitrogens with one attached hydrogen (secondary N) is 1. The zero-order chi connectivity index (χ0) is 15.4. The molecule has 1 aromatic heterocycles. The summed E-state index contributed by atoms with van der Waals surface area (Å²) in [5.74, 6) is 1.53. The first-order valence-electron chi connectivity index (χ1n) is 7.93. The van der Waals surface area contributed by atoms with Crippen molar-refractivity contribution in [3.05, 3.63) is 36.2 Å². The number of aromatic nitrogens is 2. The standard InChI is InChI=1S/C17H23N5/c1-13-7-6-8-14(11-13)21-16-15(18)17(20-12-19-16)22-9-4-2-3-5-10-22/h6-8,11-12H,2-5,9-10,18H2,1H3,(H,19,20,21). The lowest BCUT2D eigenvalue weighted by Gasteiger charge is -2.23. The molecular formula is C17H23N5. The van der Waals surface area contributed by atoms with Crippen LogP contribution < -0.4 is 16.0 Å². The minimum atomic E-state index is 0.630. The van der Waals surface area contributed by atoms with Crippen molar-refractivity contribution in [1.29, 1.82) is 0 Å². The van der Waals surface area contributed by atoms with E-state index in [0.29, 0.717) is 11.5 Å². The van der Waals surface area contributed by atoms with Gasteiger partial charge < -0.3 is 16.0 Å². The smallest absolute Gasteiger partial charge is 0.159 e.